The van der Waals surface area contributed by atoms with Crippen LogP contribution in [0.3, 0.4) is 0 Å². The zero-order valence-corrected chi connectivity index (χ0v) is 15.2. The van der Waals surface area contributed by atoms with Crippen molar-refractivity contribution >= 4 is 0 Å². The molecule has 1 aliphatic carbocycles. The highest BCUT2D eigenvalue weighted by molar-refractivity contribution is 5.33. The molecule has 2 aliphatic rings. The van der Waals surface area contributed by atoms with E-state index in [1.54, 1.807) is 0 Å². The molecule has 134 valence electrons. The van der Waals surface area contributed by atoms with Crippen LogP contribution in [0.4, 0.5) is 0 Å². The minimum Gasteiger partial charge on any atom is -0.349 e. The Morgan fingerprint density at radius 2 is 1.72 bits per heavy atom. The zero-order valence-electron chi connectivity index (χ0n) is 15.2. The number of ether oxygens (including phenoxy) is 2. The van der Waals surface area contributed by atoms with Crippen molar-refractivity contribution in [2.75, 3.05) is 13.2 Å². The summed E-state index contributed by atoms with van der Waals surface area (Å²) in [5, 5.41) is 8.90. The number of hydrogen-bond acceptors (Lipinski definition) is 3. The largest absolute Gasteiger partial charge is 0.349 e. The van der Waals surface area contributed by atoms with Gasteiger partial charge in [0.2, 0.25) is 0 Å². The monoisotopic (exact) mass is 339 g/mol. The summed E-state index contributed by atoms with van der Waals surface area (Å²) < 4.78 is 11.6. The molecular weight excluding hydrogens is 310 g/mol. The number of allylic oxidation sites excluding steroid dienone is 1. The van der Waals surface area contributed by atoms with Gasteiger partial charge in [0.15, 0.2) is 6.29 Å². The first kappa shape index (κ1) is 18.2. The molecular formula is C22H29NO2. The molecule has 3 rings (SSSR count). The molecule has 1 heterocycles. The molecule has 0 bridgehead atoms. The molecule has 3 heteroatoms. The second-order valence-electron chi connectivity index (χ2n) is 7.42. The molecule has 1 aromatic carbocycles. The summed E-state index contributed by atoms with van der Waals surface area (Å²) in [7, 11) is 0. The molecule has 0 unspecified atom stereocenters. The predicted octanol–water partition coefficient (Wildman–Crippen LogP) is 5.18. The molecule has 0 N–H and O–H groups in total. The molecule has 25 heavy (non-hydrogen) atoms. The Morgan fingerprint density at radius 1 is 1.04 bits per heavy atom. The maximum atomic E-state index is 8.90. The maximum Gasteiger partial charge on any atom is 0.176 e. The molecule has 2 fully saturated rings. The average Bonchev–Trinajstić information content (AvgIpc) is 2.68. The van der Waals surface area contributed by atoms with Gasteiger partial charge in [-0.2, -0.15) is 5.26 Å². The standard InChI is InChI=1S/C22H29NO2/c1-2-3-19-15-24-22(25-16-19)13-8-17-4-9-20(10-5-17)21-11-6-18(14-23)7-12-21/h6-8,11-13,17,19-20,22H,2-5,9-10,15-16H2,1H3/b13-8+. The minimum atomic E-state index is -0.149. The lowest BCUT2D eigenvalue weighted by molar-refractivity contribution is -0.175. The van der Waals surface area contributed by atoms with E-state index < -0.39 is 0 Å². The normalized spacial score (nSPS) is 30.2. The number of nitrogens with zero attached hydrogens (tertiary/aromatic N) is 1. The lowest BCUT2D eigenvalue weighted by Gasteiger charge is -2.29. The van der Waals surface area contributed by atoms with Crippen molar-refractivity contribution in [1.29, 1.82) is 5.26 Å². The number of rotatable bonds is 5. The van der Waals surface area contributed by atoms with Crippen LogP contribution in [-0.4, -0.2) is 19.5 Å². The van der Waals surface area contributed by atoms with Crippen LogP contribution in [0.15, 0.2) is 36.4 Å². The Morgan fingerprint density at radius 3 is 2.32 bits per heavy atom. The van der Waals surface area contributed by atoms with Crippen LogP contribution in [0, 0.1) is 23.2 Å². The second-order valence-corrected chi connectivity index (χ2v) is 7.42. The van der Waals surface area contributed by atoms with E-state index in [-0.39, 0.29) is 6.29 Å². The van der Waals surface area contributed by atoms with Crippen LogP contribution in [0.5, 0.6) is 0 Å². The van der Waals surface area contributed by atoms with E-state index >= 15 is 0 Å². The molecule has 1 saturated carbocycles. The lowest BCUT2D eigenvalue weighted by atomic mass is 9.78. The Labute approximate surface area is 151 Å². The molecule has 0 atom stereocenters. The Hall–Kier alpha value is -1.63. The van der Waals surface area contributed by atoms with Gasteiger partial charge in [-0.1, -0.05) is 31.6 Å². The fraction of sp³-hybridized carbons (Fsp3) is 0.591. The molecule has 1 aromatic rings. The van der Waals surface area contributed by atoms with E-state index in [4.69, 9.17) is 14.7 Å². The van der Waals surface area contributed by atoms with Crippen LogP contribution >= 0.6 is 0 Å². The Kier molecular flexibility index (Phi) is 6.67. The van der Waals surface area contributed by atoms with Crippen LogP contribution < -0.4 is 0 Å². The van der Waals surface area contributed by atoms with Crippen molar-refractivity contribution in [1.82, 2.24) is 0 Å². The summed E-state index contributed by atoms with van der Waals surface area (Å²) >= 11 is 0. The van der Waals surface area contributed by atoms with Gasteiger partial charge >= 0.3 is 0 Å². The molecule has 1 saturated heterocycles. The van der Waals surface area contributed by atoms with Gasteiger partial charge in [-0.25, -0.2) is 0 Å². The van der Waals surface area contributed by atoms with Gasteiger partial charge in [-0.05, 0) is 67.7 Å². The number of nitriles is 1. The van der Waals surface area contributed by atoms with Crippen LogP contribution in [0.2, 0.25) is 0 Å². The fourth-order valence-corrected chi connectivity index (χ4v) is 3.97. The van der Waals surface area contributed by atoms with Crippen molar-refractivity contribution in [3.05, 3.63) is 47.5 Å². The van der Waals surface area contributed by atoms with E-state index in [0.29, 0.717) is 17.8 Å². The first-order valence-electron chi connectivity index (χ1n) is 9.70. The predicted molar refractivity (Wildman–Crippen MR) is 99.1 cm³/mol. The van der Waals surface area contributed by atoms with Gasteiger partial charge < -0.3 is 9.47 Å². The summed E-state index contributed by atoms with van der Waals surface area (Å²) in [6.45, 7) is 3.86. The first-order valence-corrected chi connectivity index (χ1v) is 9.70. The van der Waals surface area contributed by atoms with Gasteiger partial charge in [0.1, 0.15) is 0 Å². The molecule has 0 spiro atoms. The third-order valence-corrected chi connectivity index (χ3v) is 5.51. The maximum absolute atomic E-state index is 8.90. The van der Waals surface area contributed by atoms with E-state index in [9.17, 15) is 0 Å². The van der Waals surface area contributed by atoms with Crippen molar-refractivity contribution in [2.24, 2.45) is 11.8 Å². The van der Waals surface area contributed by atoms with Crippen molar-refractivity contribution in [3.8, 4) is 6.07 Å². The molecule has 3 nitrogen and oxygen atoms in total. The van der Waals surface area contributed by atoms with Gasteiger partial charge in [-0.15, -0.1) is 0 Å². The van der Waals surface area contributed by atoms with Crippen molar-refractivity contribution in [3.63, 3.8) is 0 Å². The summed E-state index contributed by atoms with van der Waals surface area (Å²) in [5.41, 5.74) is 2.12. The van der Waals surface area contributed by atoms with Gasteiger partial charge in [0, 0.05) is 5.92 Å². The average molecular weight is 339 g/mol. The van der Waals surface area contributed by atoms with Crippen LogP contribution in [-0.2, 0) is 9.47 Å². The summed E-state index contributed by atoms with van der Waals surface area (Å²) in [6.07, 6.45) is 11.5. The van der Waals surface area contributed by atoms with Crippen LogP contribution in [0.1, 0.15) is 62.5 Å². The summed E-state index contributed by atoms with van der Waals surface area (Å²) in [5.74, 6) is 1.84. The second kappa shape index (κ2) is 9.17. The fourth-order valence-electron chi connectivity index (χ4n) is 3.97. The lowest BCUT2D eigenvalue weighted by Crippen LogP contribution is -2.30. The van der Waals surface area contributed by atoms with Gasteiger partial charge in [0.25, 0.3) is 0 Å². The molecule has 0 radical (unpaired) electrons. The van der Waals surface area contributed by atoms with E-state index in [1.165, 1.54) is 44.1 Å². The summed E-state index contributed by atoms with van der Waals surface area (Å²) in [4.78, 5) is 0. The SMILES string of the molecule is CCCC1COC(/C=C/C2CCC(c3ccc(C#N)cc3)CC2)OC1. The van der Waals surface area contributed by atoms with Crippen molar-refractivity contribution < 1.29 is 9.47 Å². The highest BCUT2D eigenvalue weighted by atomic mass is 16.7. The van der Waals surface area contributed by atoms with E-state index in [1.807, 2.05) is 12.1 Å². The van der Waals surface area contributed by atoms with E-state index in [2.05, 4.69) is 37.3 Å². The van der Waals surface area contributed by atoms with Gasteiger partial charge in [0.05, 0.1) is 24.8 Å². The minimum absolute atomic E-state index is 0.149. The third-order valence-electron chi connectivity index (χ3n) is 5.51. The highest BCUT2D eigenvalue weighted by Crippen LogP contribution is 2.36. The van der Waals surface area contributed by atoms with Gasteiger partial charge in [-0.3, -0.25) is 0 Å². The topological polar surface area (TPSA) is 42.2 Å². The third kappa shape index (κ3) is 5.17. The first-order chi connectivity index (χ1) is 12.3. The zero-order chi connectivity index (χ0) is 17.5. The smallest absolute Gasteiger partial charge is 0.176 e. The summed E-state index contributed by atoms with van der Waals surface area (Å²) in [6, 6.07) is 10.3. The Bertz CT molecular complexity index is 585. The highest BCUT2D eigenvalue weighted by Gasteiger charge is 2.23. The Balaban J connectivity index is 1.42. The molecule has 1 aliphatic heterocycles. The molecule has 0 amide bonds. The quantitative estimate of drug-likeness (QED) is 0.694. The van der Waals surface area contributed by atoms with Crippen LogP contribution in [0.25, 0.3) is 0 Å². The van der Waals surface area contributed by atoms with Crippen molar-refractivity contribution in [2.45, 2.75) is 57.7 Å². The number of benzene rings is 1. The molecule has 0 aromatic heterocycles. The van der Waals surface area contributed by atoms with E-state index in [0.717, 1.165) is 18.8 Å². The number of hydrogen-bond donors (Lipinski definition) is 0.